The Morgan fingerprint density at radius 2 is 1.78 bits per heavy atom. The Bertz CT molecular complexity index is 612. The third-order valence-corrected chi connectivity index (χ3v) is 4.65. The van der Waals surface area contributed by atoms with Crippen LogP contribution in [-0.2, 0) is 4.79 Å². The van der Waals surface area contributed by atoms with Gasteiger partial charge >= 0.3 is 11.8 Å². The first-order valence-corrected chi connectivity index (χ1v) is 8.11. The summed E-state index contributed by atoms with van der Waals surface area (Å²) in [6.45, 7) is 0. The molecule has 0 heterocycles. The van der Waals surface area contributed by atoms with Crippen molar-refractivity contribution in [3.05, 3.63) is 47.3 Å². The van der Waals surface area contributed by atoms with Crippen LogP contribution in [0.15, 0.2) is 41.7 Å². The van der Waals surface area contributed by atoms with Gasteiger partial charge in [-0.15, -0.1) is 0 Å². The van der Waals surface area contributed by atoms with E-state index in [4.69, 9.17) is 0 Å². The summed E-state index contributed by atoms with van der Waals surface area (Å²) in [6, 6.07) is 8.71. The Kier molecular flexibility index (Phi) is 5.28. The van der Waals surface area contributed by atoms with E-state index in [1.165, 1.54) is 0 Å². The molecule has 0 spiro atoms. The summed E-state index contributed by atoms with van der Waals surface area (Å²) in [7, 11) is 0. The van der Waals surface area contributed by atoms with Crippen molar-refractivity contribution in [2.75, 3.05) is 5.33 Å². The van der Waals surface area contributed by atoms with Crippen LogP contribution in [0.3, 0.4) is 0 Å². The fraction of sp³-hybridized carbons (Fsp3) is 0.438. The highest BCUT2D eigenvalue weighted by atomic mass is 79.9. The molecule has 1 atom stereocenters. The van der Waals surface area contributed by atoms with Crippen LogP contribution in [0.1, 0.15) is 30.7 Å². The second kappa shape index (κ2) is 6.71. The molecule has 0 radical (unpaired) electrons. The third kappa shape index (κ3) is 3.49. The third-order valence-electron chi connectivity index (χ3n) is 3.95. The number of Topliss-reactive ketones (excluding diaryl/α,β-unsaturated/α-hetero) is 1. The normalized spacial score (nSPS) is 22.2. The standard InChI is InChI=1S/C16H14BrF5O/c17-9-15(19,20)16(21,22)14(18)12-8-11(6-7-13(12)23)10-4-2-1-3-5-10/h1-5,11H,6-9H2/b14-12-. The minimum Gasteiger partial charge on any atom is -0.294 e. The van der Waals surface area contributed by atoms with E-state index in [-0.39, 0.29) is 18.8 Å². The van der Waals surface area contributed by atoms with Crippen molar-refractivity contribution in [3.63, 3.8) is 0 Å². The maximum absolute atomic E-state index is 14.1. The molecular weight excluding hydrogens is 383 g/mol. The van der Waals surface area contributed by atoms with E-state index in [9.17, 15) is 26.7 Å². The predicted molar refractivity (Wildman–Crippen MR) is 79.9 cm³/mol. The molecule has 2 rings (SSSR count). The number of benzene rings is 1. The van der Waals surface area contributed by atoms with E-state index >= 15 is 0 Å². The SMILES string of the molecule is O=C1CCC(c2ccccc2)C/C1=C(/F)C(F)(F)C(F)(F)CBr. The number of hydrogen-bond donors (Lipinski definition) is 0. The fourth-order valence-electron chi connectivity index (χ4n) is 2.57. The lowest BCUT2D eigenvalue weighted by Crippen LogP contribution is -2.43. The van der Waals surface area contributed by atoms with Crippen LogP contribution in [0.5, 0.6) is 0 Å². The molecule has 126 valence electrons. The number of carbonyl (C=O) groups excluding carboxylic acids is 1. The Hall–Kier alpha value is -1.24. The van der Waals surface area contributed by atoms with Crippen molar-refractivity contribution < 1.29 is 26.7 Å². The number of alkyl halides is 5. The maximum Gasteiger partial charge on any atom is 0.361 e. The molecule has 1 aliphatic carbocycles. The van der Waals surface area contributed by atoms with Crippen molar-refractivity contribution in [1.82, 2.24) is 0 Å². The average Bonchev–Trinajstić information content (AvgIpc) is 2.55. The first kappa shape index (κ1) is 18.1. The zero-order chi connectivity index (χ0) is 17.3. The quantitative estimate of drug-likeness (QED) is 0.377. The summed E-state index contributed by atoms with van der Waals surface area (Å²) >= 11 is 2.26. The van der Waals surface area contributed by atoms with E-state index in [2.05, 4.69) is 15.9 Å². The minimum atomic E-state index is -5.01. The average molecular weight is 397 g/mol. The molecular formula is C16H14BrF5O. The van der Waals surface area contributed by atoms with Crippen LogP contribution in [0.2, 0.25) is 0 Å². The fourth-order valence-corrected chi connectivity index (χ4v) is 2.93. The summed E-state index contributed by atoms with van der Waals surface area (Å²) in [5.41, 5.74) is -0.0587. The highest BCUT2D eigenvalue weighted by Crippen LogP contribution is 2.46. The molecule has 1 saturated carbocycles. The summed E-state index contributed by atoms with van der Waals surface area (Å²) in [6.07, 6.45) is -0.0685. The molecule has 1 aromatic rings. The molecule has 23 heavy (non-hydrogen) atoms. The molecule has 0 bridgehead atoms. The van der Waals surface area contributed by atoms with Gasteiger partial charge in [-0.2, -0.15) is 17.6 Å². The van der Waals surface area contributed by atoms with Gasteiger partial charge in [0, 0.05) is 12.0 Å². The summed E-state index contributed by atoms with van der Waals surface area (Å²) in [5.74, 6) is -13.1. The van der Waals surface area contributed by atoms with Crippen LogP contribution in [0.4, 0.5) is 22.0 Å². The van der Waals surface area contributed by atoms with Crippen LogP contribution in [0, 0.1) is 0 Å². The van der Waals surface area contributed by atoms with Crippen LogP contribution >= 0.6 is 15.9 Å². The number of hydrogen-bond acceptors (Lipinski definition) is 1. The van der Waals surface area contributed by atoms with Gasteiger partial charge in [-0.05, 0) is 24.3 Å². The van der Waals surface area contributed by atoms with E-state index < -0.39 is 34.4 Å². The van der Waals surface area contributed by atoms with Gasteiger partial charge < -0.3 is 0 Å². The molecule has 0 aliphatic heterocycles. The topological polar surface area (TPSA) is 17.1 Å². The highest BCUT2D eigenvalue weighted by Gasteiger charge is 2.60. The van der Waals surface area contributed by atoms with Gasteiger partial charge in [-0.25, -0.2) is 4.39 Å². The second-order valence-electron chi connectivity index (χ2n) is 5.48. The largest absolute Gasteiger partial charge is 0.361 e. The van der Waals surface area contributed by atoms with E-state index in [0.717, 1.165) is 5.56 Å². The Morgan fingerprint density at radius 3 is 2.35 bits per heavy atom. The van der Waals surface area contributed by atoms with E-state index in [1.807, 2.05) is 0 Å². The van der Waals surface area contributed by atoms with Crippen molar-refractivity contribution >= 4 is 21.7 Å². The maximum atomic E-state index is 14.1. The summed E-state index contributed by atoms with van der Waals surface area (Å²) in [4.78, 5) is 11.8. The zero-order valence-corrected chi connectivity index (χ0v) is 13.6. The molecule has 7 heteroatoms. The number of ketones is 1. The monoisotopic (exact) mass is 396 g/mol. The van der Waals surface area contributed by atoms with Gasteiger partial charge in [-0.3, -0.25) is 4.79 Å². The van der Waals surface area contributed by atoms with Crippen molar-refractivity contribution in [2.45, 2.75) is 37.0 Å². The van der Waals surface area contributed by atoms with Gasteiger partial charge in [0.25, 0.3) is 0 Å². The van der Waals surface area contributed by atoms with Crippen LogP contribution < -0.4 is 0 Å². The lowest BCUT2D eigenvalue weighted by Gasteiger charge is -2.28. The molecule has 0 saturated heterocycles. The van der Waals surface area contributed by atoms with Gasteiger partial charge in [-0.1, -0.05) is 46.3 Å². The molecule has 1 nitrogen and oxygen atoms in total. The Morgan fingerprint density at radius 1 is 1.17 bits per heavy atom. The van der Waals surface area contributed by atoms with Gasteiger partial charge in [0.05, 0.1) is 5.33 Å². The smallest absolute Gasteiger partial charge is 0.294 e. The van der Waals surface area contributed by atoms with Crippen LogP contribution in [-0.4, -0.2) is 23.0 Å². The molecule has 1 fully saturated rings. The van der Waals surface area contributed by atoms with E-state index in [0.29, 0.717) is 6.42 Å². The van der Waals surface area contributed by atoms with Crippen molar-refractivity contribution in [3.8, 4) is 0 Å². The molecule has 0 N–H and O–H groups in total. The minimum absolute atomic E-state index is 0.141. The highest BCUT2D eigenvalue weighted by molar-refractivity contribution is 9.09. The lowest BCUT2D eigenvalue weighted by molar-refractivity contribution is -0.180. The first-order valence-electron chi connectivity index (χ1n) is 6.99. The molecule has 1 aromatic carbocycles. The van der Waals surface area contributed by atoms with Crippen LogP contribution in [0.25, 0.3) is 0 Å². The Labute approximate surface area is 138 Å². The summed E-state index contributed by atoms with van der Waals surface area (Å²) < 4.78 is 68.1. The van der Waals surface area contributed by atoms with Gasteiger partial charge in [0.2, 0.25) is 0 Å². The van der Waals surface area contributed by atoms with Crippen molar-refractivity contribution in [1.29, 1.82) is 0 Å². The van der Waals surface area contributed by atoms with Crippen molar-refractivity contribution in [2.24, 2.45) is 0 Å². The zero-order valence-electron chi connectivity index (χ0n) is 12.0. The second-order valence-corrected chi connectivity index (χ2v) is 6.04. The number of halogens is 6. The van der Waals surface area contributed by atoms with E-state index in [1.54, 1.807) is 30.3 Å². The molecule has 1 aliphatic rings. The number of rotatable bonds is 4. The lowest BCUT2D eigenvalue weighted by atomic mass is 9.79. The number of carbonyl (C=O) groups is 1. The summed E-state index contributed by atoms with van der Waals surface area (Å²) in [5, 5.41) is -1.40. The Balaban J connectivity index is 2.37. The predicted octanol–water partition coefficient (Wildman–Crippen LogP) is 5.41. The molecule has 1 unspecified atom stereocenters. The first-order chi connectivity index (χ1) is 10.7. The molecule has 0 aromatic heterocycles. The number of allylic oxidation sites excluding steroid dienone is 2. The van der Waals surface area contributed by atoms with Gasteiger partial charge in [0.1, 0.15) is 0 Å². The molecule has 0 amide bonds. The van der Waals surface area contributed by atoms with Gasteiger partial charge in [0.15, 0.2) is 11.6 Å².